The minimum Gasteiger partial charge on any atom is -0.481 e. The van der Waals surface area contributed by atoms with Gasteiger partial charge in [-0.25, -0.2) is 0 Å². The molecule has 0 aliphatic heterocycles. The van der Waals surface area contributed by atoms with E-state index in [4.69, 9.17) is 0 Å². The molecule has 3 nitrogen and oxygen atoms in total. The summed E-state index contributed by atoms with van der Waals surface area (Å²) < 4.78 is 0. The van der Waals surface area contributed by atoms with Crippen molar-refractivity contribution in [3.63, 3.8) is 0 Å². The first-order valence-electron chi connectivity index (χ1n) is 7.65. The number of hydrogen-bond acceptors (Lipinski definition) is 2. The minimum atomic E-state index is -0.579. The van der Waals surface area contributed by atoms with Crippen LogP contribution >= 0.6 is 0 Å². The summed E-state index contributed by atoms with van der Waals surface area (Å²) in [5.41, 5.74) is 0. The highest BCUT2D eigenvalue weighted by Gasteiger charge is 2.35. The zero-order valence-electron chi connectivity index (χ0n) is 11.6. The van der Waals surface area contributed by atoms with E-state index in [1.54, 1.807) is 0 Å². The number of nitrogens with zero attached hydrogens (tertiary/aromatic N) is 1. The smallest absolute Gasteiger partial charge is 0.308 e. The first-order valence-corrected chi connectivity index (χ1v) is 7.65. The maximum absolute atomic E-state index is 11.5. The van der Waals surface area contributed by atoms with Crippen LogP contribution in [0, 0.1) is 5.92 Å². The van der Waals surface area contributed by atoms with Crippen molar-refractivity contribution in [1.82, 2.24) is 4.90 Å². The Bertz CT molecular complexity index is 274. The van der Waals surface area contributed by atoms with Crippen molar-refractivity contribution in [2.45, 2.75) is 76.3 Å². The minimum absolute atomic E-state index is 0.139. The van der Waals surface area contributed by atoms with E-state index in [9.17, 15) is 9.90 Å². The second kappa shape index (κ2) is 6.55. The van der Waals surface area contributed by atoms with Crippen LogP contribution in [0.3, 0.4) is 0 Å². The molecule has 2 saturated carbocycles. The van der Waals surface area contributed by atoms with Gasteiger partial charge in [0, 0.05) is 12.1 Å². The highest BCUT2D eigenvalue weighted by molar-refractivity contribution is 5.70. The van der Waals surface area contributed by atoms with E-state index < -0.39 is 5.97 Å². The number of carbonyl (C=O) groups is 1. The third kappa shape index (κ3) is 3.25. The van der Waals surface area contributed by atoms with Crippen LogP contribution in [0.25, 0.3) is 0 Å². The van der Waals surface area contributed by atoms with Crippen molar-refractivity contribution >= 4 is 5.97 Å². The summed E-state index contributed by atoms with van der Waals surface area (Å²) >= 11 is 0. The fraction of sp³-hybridized carbons (Fsp3) is 0.933. The second-order valence-corrected chi connectivity index (χ2v) is 6.11. The van der Waals surface area contributed by atoms with Crippen molar-refractivity contribution in [2.75, 3.05) is 7.05 Å². The Balaban J connectivity index is 2.03. The fourth-order valence-electron chi connectivity index (χ4n) is 3.82. The van der Waals surface area contributed by atoms with Crippen LogP contribution in [0.5, 0.6) is 0 Å². The molecule has 0 aromatic carbocycles. The molecule has 104 valence electrons. The van der Waals surface area contributed by atoms with Crippen LogP contribution in [0.4, 0.5) is 0 Å². The molecular formula is C15H27NO2. The Kier molecular flexibility index (Phi) is 5.04. The predicted octanol–water partition coefficient (Wildman–Crippen LogP) is 3.28. The summed E-state index contributed by atoms with van der Waals surface area (Å²) in [5, 5.41) is 9.45. The molecule has 0 spiro atoms. The van der Waals surface area contributed by atoms with Crippen molar-refractivity contribution in [3.05, 3.63) is 0 Å². The number of hydrogen-bond donors (Lipinski definition) is 1. The van der Waals surface area contributed by atoms with E-state index in [2.05, 4.69) is 11.9 Å². The molecule has 1 N–H and O–H groups in total. The average molecular weight is 253 g/mol. The highest BCUT2D eigenvalue weighted by atomic mass is 16.4. The molecular weight excluding hydrogens is 226 g/mol. The molecule has 0 aromatic rings. The van der Waals surface area contributed by atoms with E-state index >= 15 is 0 Å². The van der Waals surface area contributed by atoms with Gasteiger partial charge in [-0.05, 0) is 32.7 Å². The van der Waals surface area contributed by atoms with Gasteiger partial charge in [0.1, 0.15) is 0 Å². The summed E-state index contributed by atoms with van der Waals surface area (Å²) in [5.74, 6) is -0.719. The van der Waals surface area contributed by atoms with Crippen LogP contribution in [0.15, 0.2) is 0 Å². The summed E-state index contributed by atoms with van der Waals surface area (Å²) in [6.45, 7) is 0. The van der Waals surface area contributed by atoms with Crippen molar-refractivity contribution < 1.29 is 9.90 Å². The van der Waals surface area contributed by atoms with Crippen LogP contribution in [-0.2, 0) is 4.79 Å². The van der Waals surface area contributed by atoms with Gasteiger partial charge in [-0.15, -0.1) is 0 Å². The molecule has 0 heterocycles. The van der Waals surface area contributed by atoms with Gasteiger partial charge in [-0.1, -0.05) is 38.5 Å². The Morgan fingerprint density at radius 2 is 1.50 bits per heavy atom. The zero-order valence-corrected chi connectivity index (χ0v) is 11.6. The fourth-order valence-corrected chi connectivity index (χ4v) is 3.82. The maximum Gasteiger partial charge on any atom is 0.308 e. The third-order valence-corrected chi connectivity index (χ3v) is 4.97. The SMILES string of the molecule is CN(C1CCCCC1)C1CCCCCC1C(=O)O. The highest BCUT2D eigenvalue weighted by Crippen LogP contribution is 2.31. The molecule has 2 fully saturated rings. The lowest BCUT2D eigenvalue weighted by Crippen LogP contribution is -2.46. The van der Waals surface area contributed by atoms with E-state index in [0.29, 0.717) is 6.04 Å². The zero-order chi connectivity index (χ0) is 13.0. The molecule has 3 heteroatoms. The Hall–Kier alpha value is -0.570. The summed E-state index contributed by atoms with van der Waals surface area (Å²) in [7, 11) is 2.17. The van der Waals surface area contributed by atoms with E-state index in [1.807, 2.05) is 0 Å². The number of rotatable bonds is 3. The van der Waals surface area contributed by atoms with E-state index in [1.165, 1.54) is 44.9 Å². The lowest BCUT2D eigenvalue weighted by atomic mass is 9.88. The predicted molar refractivity (Wildman–Crippen MR) is 72.6 cm³/mol. The largest absolute Gasteiger partial charge is 0.481 e. The molecule has 2 atom stereocenters. The monoisotopic (exact) mass is 253 g/mol. The van der Waals surface area contributed by atoms with Gasteiger partial charge in [0.25, 0.3) is 0 Å². The number of carboxylic acids is 1. The summed E-state index contributed by atoms with van der Waals surface area (Å²) in [4.78, 5) is 13.9. The topological polar surface area (TPSA) is 40.5 Å². The molecule has 0 aromatic heterocycles. The maximum atomic E-state index is 11.5. The average Bonchev–Trinajstić information content (AvgIpc) is 2.64. The molecule has 2 aliphatic carbocycles. The standard InChI is InChI=1S/C15H27NO2/c1-16(12-8-4-2-5-9-12)14-11-7-3-6-10-13(14)15(17)18/h12-14H,2-11H2,1H3,(H,17,18). The van der Waals surface area contributed by atoms with Crippen molar-refractivity contribution in [2.24, 2.45) is 5.92 Å². The number of aliphatic carboxylic acids is 1. The van der Waals surface area contributed by atoms with Gasteiger partial charge in [-0.3, -0.25) is 9.69 Å². The lowest BCUT2D eigenvalue weighted by molar-refractivity contribution is -0.144. The Morgan fingerprint density at radius 1 is 0.944 bits per heavy atom. The molecule has 2 unspecified atom stereocenters. The van der Waals surface area contributed by atoms with Crippen molar-refractivity contribution in [3.8, 4) is 0 Å². The van der Waals surface area contributed by atoms with Gasteiger partial charge in [0.15, 0.2) is 0 Å². The van der Waals surface area contributed by atoms with Crippen molar-refractivity contribution in [1.29, 1.82) is 0 Å². The van der Waals surface area contributed by atoms with Gasteiger partial charge in [-0.2, -0.15) is 0 Å². The van der Waals surface area contributed by atoms with Crippen LogP contribution < -0.4 is 0 Å². The molecule has 18 heavy (non-hydrogen) atoms. The quantitative estimate of drug-likeness (QED) is 0.785. The first kappa shape index (κ1) is 13.9. The third-order valence-electron chi connectivity index (χ3n) is 4.97. The van der Waals surface area contributed by atoms with Crippen LogP contribution in [-0.4, -0.2) is 35.1 Å². The van der Waals surface area contributed by atoms with E-state index in [-0.39, 0.29) is 12.0 Å². The lowest BCUT2D eigenvalue weighted by Gasteiger charge is -2.39. The molecule has 2 rings (SSSR count). The normalized spacial score (nSPS) is 31.2. The Labute approximate surface area is 111 Å². The number of carboxylic acid groups (broad SMARTS) is 1. The second-order valence-electron chi connectivity index (χ2n) is 6.11. The van der Waals surface area contributed by atoms with Gasteiger partial charge < -0.3 is 5.11 Å². The molecule has 2 aliphatic rings. The molecule has 0 amide bonds. The molecule has 0 radical (unpaired) electrons. The van der Waals surface area contributed by atoms with Crippen LogP contribution in [0.2, 0.25) is 0 Å². The summed E-state index contributed by atoms with van der Waals surface area (Å²) in [6.07, 6.45) is 12.0. The van der Waals surface area contributed by atoms with E-state index in [0.717, 1.165) is 19.3 Å². The van der Waals surface area contributed by atoms with Crippen LogP contribution in [0.1, 0.15) is 64.2 Å². The van der Waals surface area contributed by atoms with Gasteiger partial charge in [0.2, 0.25) is 0 Å². The summed E-state index contributed by atoms with van der Waals surface area (Å²) in [6, 6.07) is 0.900. The van der Waals surface area contributed by atoms with Gasteiger partial charge >= 0.3 is 5.97 Å². The Morgan fingerprint density at radius 3 is 2.11 bits per heavy atom. The van der Waals surface area contributed by atoms with Gasteiger partial charge in [0.05, 0.1) is 5.92 Å². The first-order chi connectivity index (χ1) is 8.70. The molecule has 0 saturated heterocycles. The molecule has 0 bridgehead atoms.